The summed E-state index contributed by atoms with van der Waals surface area (Å²) in [4.78, 5) is 26.7. The highest BCUT2D eigenvalue weighted by molar-refractivity contribution is 7.52. The van der Waals surface area contributed by atoms with Crippen molar-refractivity contribution in [1.29, 1.82) is 0 Å². The Balaban J connectivity index is 4.77. The molecule has 10 heteroatoms. The van der Waals surface area contributed by atoms with E-state index in [0.29, 0.717) is 7.11 Å². The van der Waals surface area contributed by atoms with Crippen molar-refractivity contribution < 1.29 is 41.8 Å². The SMILES string of the molecule is COC(=O)OC(C(F)(F)F)P(=O)(O)O. The lowest BCUT2D eigenvalue weighted by Crippen LogP contribution is -2.33. The van der Waals surface area contributed by atoms with Gasteiger partial charge >= 0.3 is 19.9 Å². The molecular weight excluding hydrogens is 232 g/mol. The highest BCUT2D eigenvalue weighted by atomic mass is 31.2. The number of ether oxygens (including phenoxy) is 2. The van der Waals surface area contributed by atoms with Gasteiger partial charge in [-0.15, -0.1) is 0 Å². The topological polar surface area (TPSA) is 93.1 Å². The van der Waals surface area contributed by atoms with E-state index in [9.17, 15) is 22.5 Å². The van der Waals surface area contributed by atoms with Crippen LogP contribution in [0.2, 0.25) is 0 Å². The van der Waals surface area contributed by atoms with Gasteiger partial charge in [-0.05, 0) is 0 Å². The molecule has 0 saturated heterocycles. The highest BCUT2D eigenvalue weighted by Crippen LogP contribution is 2.49. The van der Waals surface area contributed by atoms with Crippen LogP contribution in [0.25, 0.3) is 0 Å². The fourth-order valence-electron chi connectivity index (χ4n) is 0.465. The van der Waals surface area contributed by atoms with Crippen molar-refractivity contribution in [2.45, 2.75) is 12.0 Å². The third kappa shape index (κ3) is 3.95. The van der Waals surface area contributed by atoms with E-state index in [-0.39, 0.29) is 0 Å². The molecule has 0 aliphatic carbocycles. The molecular formula is C4H6F3O6P. The third-order valence-corrected chi connectivity index (χ3v) is 1.97. The molecule has 0 heterocycles. The summed E-state index contributed by atoms with van der Waals surface area (Å²) in [6.45, 7) is 0. The zero-order chi connectivity index (χ0) is 11.6. The second kappa shape index (κ2) is 4.16. The average Bonchev–Trinajstić information content (AvgIpc) is 1.95. The number of carbonyl (C=O) groups excluding carboxylic acids is 1. The van der Waals surface area contributed by atoms with E-state index in [2.05, 4.69) is 9.47 Å². The number of alkyl halides is 3. The van der Waals surface area contributed by atoms with Crippen LogP contribution in [-0.4, -0.2) is 35.1 Å². The van der Waals surface area contributed by atoms with Crippen molar-refractivity contribution in [3.05, 3.63) is 0 Å². The number of hydrogen-bond donors (Lipinski definition) is 2. The summed E-state index contributed by atoms with van der Waals surface area (Å²) in [5.41, 5.74) is 0. The van der Waals surface area contributed by atoms with Gasteiger partial charge in [-0.1, -0.05) is 0 Å². The molecule has 1 unspecified atom stereocenters. The third-order valence-electron chi connectivity index (χ3n) is 0.960. The van der Waals surface area contributed by atoms with Crippen LogP contribution < -0.4 is 0 Å². The minimum Gasteiger partial charge on any atom is -0.438 e. The number of methoxy groups -OCH3 is 1. The Morgan fingerprint density at radius 2 is 1.86 bits per heavy atom. The van der Waals surface area contributed by atoms with Gasteiger partial charge in [0.15, 0.2) is 0 Å². The first-order chi connectivity index (χ1) is 6.09. The van der Waals surface area contributed by atoms with Gasteiger partial charge in [-0.25, -0.2) is 4.79 Å². The van der Waals surface area contributed by atoms with Gasteiger partial charge in [-0.3, -0.25) is 4.57 Å². The van der Waals surface area contributed by atoms with Crippen LogP contribution in [0, 0.1) is 0 Å². The van der Waals surface area contributed by atoms with Gasteiger partial charge in [0, 0.05) is 0 Å². The Morgan fingerprint density at radius 3 is 2.07 bits per heavy atom. The lowest BCUT2D eigenvalue weighted by Gasteiger charge is -2.20. The molecule has 14 heavy (non-hydrogen) atoms. The van der Waals surface area contributed by atoms with Crippen LogP contribution in [0.3, 0.4) is 0 Å². The maximum atomic E-state index is 11.9. The first-order valence-electron chi connectivity index (χ1n) is 2.95. The fourth-order valence-corrected chi connectivity index (χ4v) is 1.07. The Bertz CT molecular complexity index is 256. The summed E-state index contributed by atoms with van der Waals surface area (Å²) < 4.78 is 53.0. The van der Waals surface area contributed by atoms with E-state index in [1.165, 1.54) is 0 Å². The molecule has 0 aromatic carbocycles. The standard InChI is InChI=1S/C4H6F3O6P/c1-12-3(8)13-2(4(5,6)7)14(9,10)11/h2H,1H3,(H2,9,10,11). The number of hydrogen-bond acceptors (Lipinski definition) is 4. The van der Waals surface area contributed by atoms with Gasteiger partial charge in [-0.2, -0.15) is 13.2 Å². The van der Waals surface area contributed by atoms with E-state index in [0.717, 1.165) is 0 Å². The lowest BCUT2D eigenvalue weighted by atomic mass is 10.7. The molecule has 0 aromatic heterocycles. The Labute approximate surface area is 75.8 Å². The van der Waals surface area contributed by atoms with Gasteiger partial charge in [0.25, 0.3) is 5.85 Å². The molecule has 0 aliphatic rings. The van der Waals surface area contributed by atoms with Crippen molar-refractivity contribution in [3.63, 3.8) is 0 Å². The largest absolute Gasteiger partial charge is 0.509 e. The predicted octanol–water partition coefficient (Wildman–Crippen LogP) is 0.835. The molecule has 2 N–H and O–H groups in total. The smallest absolute Gasteiger partial charge is 0.438 e. The molecule has 0 amide bonds. The molecule has 0 aromatic rings. The molecule has 0 bridgehead atoms. The molecule has 0 saturated carbocycles. The second-order valence-electron chi connectivity index (χ2n) is 2.06. The van der Waals surface area contributed by atoms with E-state index in [1.807, 2.05) is 0 Å². The summed E-state index contributed by atoms with van der Waals surface area (Å²) in [5.74, 6) is -3.50. The van der Waals surface area contributed by atoms with E-state index in [4.69, 9.17) is 9.79 Å². The molecule has 0 radical (unpaired) electrons. The van der Waals surface area contributed by atoms with E-state index in [1.54, 1.807) is 0 Å². The normalized spacial score (nSPS) is 14.7. The van der Waals surface area contributed by atoms with Gasteiger partial charge in [0.05, 0.1) is 7.11 Å². The van der Waals surface area contributed by atoms with Crippen LogP contribution in [0.4, 0.5) is 18.0 Å². The van der Waals surface area contributed by atoms with Crippen LogP contribution in [0.5, 0.6) is 0 Å². The summed E-state index contributed by atoms with van der Waals surface area (Å²) in [6, 6.07) is 0. The second-order valence-corrected chi connectivity index (χ2v) is 3.70. The first-order valence-corrected chi connectivity index (χ1v) is 4.63. The van der Waals surface area contributed by atoms with Crippen molar-refractivity contribution in [2.24, 2.45) is 0 Å². The molecule has 84 valence electrons. The fraction of sp³-hybridized carbons (Fsp3) is 0.750. The van der Waals surface area contributed by atoms with E-state index >= 15 is 0 Å². The lowest BCUT2D eigenvalue weighted by molar-refractivity contribution is -0.186. The van der Waals surface area contributed by atoms with Crippen LogP contribution in [0.1, 0.15) is 0 Å². The quantitative estimate of drug-likeness (QED) is 0.546. The first kappa shape index (κ1) is 13.2. The number of rotatable bonds is 2. The van der Waals surface area contributed by atoms with Crippen molar-refractivity contribution >= 4 is 13.8 Å². The summed E-state index contributed by atoms with van der Waals surface area (Å²) in [5, 5.41) is 0. The summed E-state index contributed by atoms with van der Waals surface area (Å²) in [6.07, 6.45) is -7.18. The maximum Gasteiger partial charge on any atom is 0.509 e. The predicted molar refractivity (Wildman–Crippen MR) is 35.4 cm³/mol. The van der Waals surface area contributed by atoms with Crippen molar-refractivity contribution in [3.8, 4) is 0 Å². The zero-order valence-corrected chi connectivity index (χ0v) is 7.58. The average molecular weight is 238 g/mol. The van der Waals surface area contributed by atoms with Crippen LogP contribution in [0.15, 0.2) is 0 Å². The monoisotopic (exact) mass is 238 g/mol. The molecule has 0 rings (SSSR count). The van der Waals surface area contributed by atoms with Crippen LogP contribution in [-0.2, 0) is 14.0 Å². The Hall–Kier alpha value is -0.790. The summed E-state index contributed by atoms with van der Waals surface area (Å²) >= 11 is 0. The molecule has 1 atom stereocenters. The van der Waals surface area contributed by atoms with E-state index < -0.39 is 25.8 Å². The van der Waals surface area contributed by atoms with Crippen molar-refractivity contribution in [2.75, 3.05) is 7.11 Å². The number of halogens is 3. The summed E-state index contributed by atoms with van der Waals surface area (Å²) in [7, 11) is -4.91. The van der Waals surface area contributed by atoms with Gasteiger partial charge < -0.3 is 19.3 Å². The maximum absolute atomic E-state index is 11.9. The molecule has 0 spiro atoms. The Kier molecular flexibility index (Phi) is 3.92. The number of carbonyl (C=O) groups is 1. The molecule has 6 nitrogen and oxygen atoms in total. The van der Waals surface area contributed by atoms with Gasteiger partial charge in [0.2, 0.25) is 0 Å². The van der Waals surface area contributed by atoms with Crippen LogP contribution >= 0.6 is 7.60 Å². The zero-order valence-electron chi connectivity index (χ0n) is 6.69. The van der Waals surface area contributed by atoms with Crippen molar-refractivity contribution in [1.82, 2.24) is 0 Å². The Morgan fingerprint density at radius 1 is 1.43 bits per heavy atom. The minimum atomic E-state index is -5.61. The highest BCUT2D eigenvalue weighted by Gasteiger charge is 2.54. The molecule has 0 fully saturated rings. The molecule has 0 aliphatic heterocycles. The minimum absolute atomic E-state index is 0.704. The van der Waals surface area contributed by atoms with Gasteiger partial charge in [0.1, 0.15) is 0 Å².